The van der Waals surface area contributed by atoms with Crippen LogP contribution in [0.5, 0.6) is 11.5 Å². The first-order valence-corrected chi connectivity index (χ1v) is 11.7. The average Bonchev–Trinajstić information content (AvgIpc) is 3.01. The standard InChI is InChI=1S/C22H23NO3S3/c1-4-5-11-26-18-10-9-15(12-19(18)25-2)13-20-21(24)23(22(27)29-20)16-7-6-8-17(14-16)28-3/h6-10,12-14H,4-5,11H2,1-3H3/b20-13-. The molecule has 1 saturated heterocycles. The molecule has 0 aromatic heterocycles. The lowest BCUT2D eigenvalue weighted by Gasteiger charge is -2.15. The van der Waals surface area contributed by atoms with E-state index >= 15 is 0 Å². The van der Waals surface area contributed by atoms with Crippen LogP contribution in [-0.4, -0.2) is 30.2 Å². The third kappa shape index (κ3) is 5.15. The summed E-state index contributed by atoms with van der Waals surface area (Å²) >= 11 is 8.42. The van der Waals surface area contributed by atoms with E-state index in [0.717, 1.165) is 29.0 Å². The molecule has 2 aromatic carbocycles. The first-order valence-electron chi connectivity index (χ1n) is 9.30. The van der Waals surface area contributed by atoms with Crippen molar-refractivity contribution < 1.29 is 14.3 Å². The van der Waals surface area contributed by atoms with E-state index in [1.54, 1.807) is 23.8 Å². The first kappa shape index (κ1) is 21.7. The Morgan fingerprint density at radius 2 is 2.03 bits per heavy atom. The van der Waals surface area contributed by atoms with Crippen molar-refractivity contribution in [3.63, 3.8) is 0 Å². The predicted octanol–water partition coefficient (Wildman–Crippen LogP) is 6.00. The molecule has 0 N–H and O–H groups in total. The van der Waals surface area contributed by atoms with Gasteiger partial charge in [0.15, 0.2) is 15.8 Å². The molecule has 1 fully saturated rings. The van der Waals surface area contributed by atoms with Crippen LogP contribution in [0.3, 0.4) is 0 Å². The molecule has 1 amide bonds. The van der Waals surface area contributed by atoms with Crippen molar-refractivity contribution in [3.8, 4) is 11.5 Å². The van der Waals surface area contributed by atoms with Gasteiger partial charge in [0.1, 0.15) is 0 Å². The number of anilines is 1. The number of carbonyl (C=O) groups is 1. The highest BCUT2D eigenvalue weighted by molar-refractivity contribution is 8.27. The number of nitrogens with zero attached hydrogens (tertiary/aromatic N) is 1. The summed E-state index contributed by atoms with van der Waals surface area (Å²) in [6.07, 6.45) is 5.91. The smallest absolute Gasteiger partial charge is 0.270 e. The third-order valence-electron chi connectivity index (χ3n) is 4.35. The molecule has 0 radical (unpaired) electrons. The number of benzene rings is 2. The van der Waals surface area contributed by atoms with Crippen LogP contribution in [0, 0.1) is 0 Å². The molecule has 0 atom stereocenters. The molecule has 29 heavy (non-hydrogen) atoms. The predicted molar refractivity (Wildman–Crippen MR) is 127 cm³/mol. The minimum Gasteiger partial charge on any atom is -0.493 e. The Labute approximate surface area is 185 Å². The van der Waals surface area contributed by atoms with E-state index in [1.165, 1.54) is 11.8 Å². The molecule has 0 bridgehead atoms. The van der Waals surface area contributed by atoms with E-state index < -0.39 is 0 Å². The van der Waals surface area contributed by atoms with Crippen LogP contribution >= 0.6 is 35.7 Å². The summed E-state index contributed by atoms with van der Waals surface area (Å²) in [5, 5.41) is 0. The molecular formula is C22H23NO3S3. The fraction of sp³-hybridized carbons (Fsp3) is 0.273. The van der Waals surface area contributed by atoms with Gasteiger partial charge in [0, 0.05) is 4.90 Å². The Balaban J connectivity index is 1.83. The zero-order valence-electron chi connectivity index (χ0n) is 16.6. The van der Waals surface area contributed by atoms with Crippen molar-refractivity contribution in [1.29, 1.82) is 0 Å². The molecule has 3 rings (SSSR count). The molecule has 2 aromatic rings. The number of hydrogen-bond donors (Lipinski definition) is 0. The van der Waals surface area contributed by atoms with Gasteiger partial charge in [-0.3, -0.25) is 9.69 Å². The lowest BCUT2D eigenvalue weighted by atomic mass is 10.1. The van der Waals surface area contributed by atoms with Gasteiger partial charge < -0.3 is 9.47 Å². The van der Waals surface area contributed by atoms with Gasteiger partial charge in [-0.2, -0.15) is 0 Å². The quantitative estimate of drug-likeness (QED) is 0.215. The molecule has 0 spiro atoms. The summed E-state index contributed by atoms with van der Waals surface area (Å²) in [5.41, 5.74) is 1.66. The maximum absolute atomic E-state index is 13.0. The zero-order chi connectivity index (χ0) is 20.8. The van der Waals surface area contributed by atoms with E-state index in [9.17, 15) is 4.79 Å². The number of unbranched alkanes of at least 4 members (excludes halogenated alkanes) is 1. The molecule has 4 nitrogen and oxygen atoms in total. The van der Waals surface area contributed by atoms with Crippen LogP contribution in [0.15, 0.2) is 52.3 Å². The molecule has 7 heteroatoms. The summed E-state index contributed by atoms with van der Waals surface area (Å²) < 4.78 is 11.8. The zero-order valence-corrected chi connectivity index (χ0v) is 19.1. The van der Waals surface area contributed by atoms with Gasteiger partial charge in [0.05, 0.1) is 24.3 Å². The summed E-state index contributed by atoms with van der Waals surface area (Å²) in [6, 6.07) is 13.5. The molecule has 1 aliphatic heterocycles. The minimum atomic E-state index is -0.111. The fourth-order valence-corrected chi connectivity index (χ4v) is 4.56. The summed E-state index contributed by atoms with van der Waals surface area (Å²) in [5.74, 6) is 1.25. The van der Waals surface area contributed by atoms with Crippen LogP contribution in [0.1, 0.15) is 25.3 Å². The second kappa shape index (κ2) is 10.2. The van der Waals surface area contributed by atoms with Crippen molar-refractivity contribution >= 4 is 57.7 Å². The Bertz CT molecular complexity index is 943. The number of methoxy groups -OCH3 is 1. The Kier molecular flexibility index (Phi) is 7.64. The SMILES string of the molecule is CCCCOc1ccc(/C=C2\SC(=S)N(c3cccc(SC)c3)C2=O)cc1OC. The Morgan fingerprint density at radius 1 is 1.21 bits per heavy atom. The summed E-state index contributed by atoms with van der Waals surface area (Å²) in [4.78, 5) is 16.3. The van der Waals surface area contributed by atoms with E-state index in [-0.39, 0.29) is 5.91 Å². The van der Waals surface area contributed by atoms with Crippen molar-refractivity contribution in [2.24, 2.45) is 0 Å². The monoisotopic (exact) mass is 445 g/mol. The van der Waals surface area contributed by atoms with Crippen molar-refractivity contribution in [1.82, 2.24) is 0 Å². The number of hydrogen-bond acceptors (Lipinski definition) is 6. The molecule has 0 unspecified atom stereocenters. The van der Waals surface area contributed by atoms with E-state index in [4.69, 9.17) is 21.7 Å². The van der Waals surface area contributed by atoms with Gasteiger partial charge in [0.2, 0.25) is 0 Å². The number of thioether (sulfide) groups is 2. The Morgan fingerprint density at radius 3 is 2.76 bits per heavy atom. The van der Waals surface area contributed by atoms with E-state index in [2.05, 4.69) is 6.92 Å². The van der Waals surface area contributed by atoms with Gasteiger partial charge in [-0.05, 0) is 54.6 Å². The fourth-order valence-electron chi connectivity index (χ4n) is 2.81. The number of thiocarbonyl (C=S) groups is 1. The van der Waals surface area contributed by atoms with Crippen LogP contribution in [0.4, 0.5) is 5.69 Å². The third-order valence-corrected chi connectivity index (χ3v) is 6.37. The molecule has 1 heterocycles. The highest BCUT2D eigenvalue weighted by Crippen LogP contribution is 2.38. The number of carbonyl (C=O) groups excluding carboxylic acids is 1. The topological polar surface area (TPSA) is 38.8 Å². The summed E-state index contributed by atoms with van der Waals surface area (Å²) in [7, 11) is 1.62. The van der Waals surface area contributed by atoms with Gasteiger partial charge in [-0.25, -0.2) is 0 Å². The van der Waals surface area contributed by atoms with Crippen LogP contribution in [0.25, 0.3) is 6.08 Å². The van der Waals surface area contributed by atoms with Gasteiger partial charge in [-0.1, -0.05) is 49.5 Å². The highest BCUT2D eigenvalue weighted by Gasteiger charge is 2.33. The lowest BCUT2D eigenvalue weighted by Crippen LogP contribution is -2.27. The number of rotatable bonds is 8. The number of amides is 1. The molecular weight excluding hydrogens is 422 g/mol. The second-order valence-electron chi connectivity index (χ2n) is 6.33. The van der Waals surface area contributed by atoms with Crippen molar-refractivity contribution in [3.05, 3.63) is 52.9 Å². The van der Waals surface area contributed by atoms with E-state index in [1.807, 2.05) is 54.8 Å². The van der Waals surface area contributed by atoms with Crippen LogP contribution in [0.2, 0.25) is 0 Å². The van der Waals surface area contributed by atoms with Crippen molar-refractivity contribution in [2.75, 3.05) is 24.9 Å². The maximum Gasteiger partial charge on any atom is 0.270 e. The maximum atomic E-state index is 13.0. The highest BCUT2D eigenvalue weighted by atomic mass is 32.2. The second-order valence-corrected chi connectivity index (χ2v) is 8.89. The Hall–Kier alpha value is -1.96. The molecule has 152 valence electrons. The first-order chi connectivity index (χ1) is 14.1. The summed E-state index contributed by atoms with van der Waals surface area (Å²) in [6.45, 7) is 2.77. The largest absolute Gasteiger partial charge is 0.493 e. The minimum absolute atomic E-state index is 0.111. The van der Waals surface area contributed by atoms with Gasteiger partial charge in [0.25, 0.3) is 5.91 Å². The van der Waals surface area contributed by atoms with E-state index in [0.29, 0.717) is 27.3 Å². The average molecular weight is 446 g/mol. The molecule has 1 aliphatic rings. The normalized spacial score (nSPS) is 15.3. The molecule has 0 saturated carbocycles. The van der Waals surface area contributed by atoms with Gasteiger partial charge in [-0.15, -0.1) is 11.8 Å². The lowest BCUT2D eigenvalue weighted by molar-refractivity contribution is -0.113. The molecule has 0 aliphatic carbocycles. The van der Waals surface area contributed by atoms with Crippen LogP contribution in [-0.2, 0) is 4.79 Å². The van der Waals surface area contributed by atoms with Crippen LogP contribution < -0.4 is 14.4 Å². The number of ether oxygens (including phenoxy) is 2. The van der Waals surface area contributed by atoms with Crippen molar-refractivity contribution in [2.45, 2.75) is 24.7 Å². The van der Waals surface area contributed by atoms with Gasteiger partial charge >= 0.3 is 0 Å².